The molecule has 1 rings (SSSR count). The maximum absolute atomic E-state index is 11.5. The summed E-state index contributed by atoms with van der Waals surface area (Å²) in [7, 11) is 1.82. The van der Waals surface area contributed by atoms with Gasteiger partial charge < -0.3 is 10.4 Å². The molecule has 2 N–H and O–H groups in total. The number of aryl methyl sites for hydroxylation is 2. The molecule has 0 aliphatic heterocycles. The Labute approximate surface area is 109 Å². The standard InChI is InChI=1S/C15H23NO2/c1-9(2)13(15(17)18)14(16-5)12-8-10(3)6-7-11(12)4/h6-9,13-14,16H,1-5H3,(H,17,18). The number of aliphatic carboxylic acids is 1. The highest BCUT2D eigenvalue weighted by Crippen LogP contribution is 2.30. The lowest BCUT2D eigenvalue weighted by Gasteiger charge is -2.28. The van der Waals surface area contributed by atoms with Crippen molar-refractivity contribution in [1.82, 2.24) is 5.32 Å². The third-order valence-electron chi connectivity index (χ3n) is 3.44. The van der Waals surface area contributed by atoms with E-state index in [1.54, 1.807) is 0 Å². The molecule has 18 heavy (non-hydrogen) atoms. The Morgan fingerprint density at radius 1 is 1.28 bits per heavy atom. The van der Waals surface area contributed by atoms with Gasteiger partial charge in [-0.15, -0.1) is 0 Å². The molecule has 1 aromatic carbocycles. The molecule has 2 atom stereocenters. The van der Waals surface area contributed by atoms with Gasteiger partial charge in [0.2, 0.25) is 0 Å². The summed E-state index contributed by atoms with van der Waals surface area (Å²) in [6.45, 7) is 7.96. The topological polar surface area (TPSA) is 49.3 Å². The third-order valence-corrected chi connectivity index (χ3v) is 3.44. The van der Waals surface area contributed by atoms with Crippen LogP contribution in [-0.4, -0.2) is 18.1 Å². The Morgan fingerprint density at radius 3 is 2.33 bits per heavy atom. The second-order valence-electron chi connectivity index (χ2n) is 5.23. The van der Waals surface area contributed by atoms with Crippen LogP contribution in [-0.2, 0) is 4.79 Å². The lowest BCUT2D eigenvalue weighted by molar-refractivity contribution is -0.144. The second-order valence-corrected chi connectivity index (χ2v) is 5.23. The van der Waals surface area contributed by atoms with Gasteiger partial charge in [0.1, 0.15) is 0 Å². The van der Waals surface area contributed by atoms with Crippen LogP contribution in [0.5, 0.6) is 0 Å². The summed E-state index contributed by atoms with van der Waals surface area (Å²) < 4.78 is 0. The first-order chi connectivity index (χ1) is 8.38. The molecule has 0 radical (unpaired) electrons. The summed E-state index contributed by atoms with van der Waals surface area (Å²) >= 11 is 0. The minimum absolute atomic E-state index is 0.0832. The fourth-order valence-corrected chi connectivity index (χ4v) is 2.44. The molecule has 0 aromatic heterocycles. The first-order valence-corrected chi connectivity index (χ1v) is 6.35. The molecule has 0 fully saturated rings. The van der Waals surface area contributed by atoms with Gasteiger partial charge in [-0.2, -0.15) is 0 Å². The van der Waals surface area contributed by atoms with E-state index in [1.807, 2.05) is 40.8 Å². The molecule has 0 heterocycles. The normalized spacial score (nSPS) is 14.6. The molecule has 0 saturated heterocycles. The fourth-order valence-electron chi connectivity index (χ4n) is 2.44. The van der Waals surface area contributed by atoms with E-state index in [-0.39, 0.29) is 12.0 Å². The zero-order valence-electron chi connectivity index (χ0n) is 11.8. The van der Waals surface area contributed by atoms with Crippen LogP contribution in [0.1, 0.15) is 36.6 Å². The van der Waals surface area contributed by atoms with E-state index in [0.29, 0.717) is 0 Å². The minimum Gasteiger partial charge on any atom is -0.481 e. The molecule has 0 aliphatic rings. The summed E-state index contributed by atoms with van der Waals surface area (Å²) in [5.41, 5.74) is 3.37. The molecule has 0 saturated carbocycles. The Hall–Kier alpha value is -1.35. The highest BCUT2D eigenvalue weighted by atomic mass is 16.4. The van der Waals surface area contributed by atoms with E-state index in [4.69, 9.17) is 0 Å². The first kappa shape index (κ1) is 14.7. The summed E-state index contributed by atoms with van der Waals surface area (Å²) in [6.07, 6.45) is 0. The Kier molecular flexibility index (Phi) is 4.91. The van der Waals surface area contributed by atoms with Crippen LogP contribution in [0.4, 0.5) is 0 Å². The molecule has 100 valence electrons. The first-order valence-electron chi connectivity index (χ1n) is 6.35. The molecule has 0 aliphatic carbocycles. The third kappa shape index (κ3) is 3.10. The number of nitrogens with one attached hydrogen (secondary N) is 1. The molecule has 2 unspecified atom stereocenters. The van der Waals surface area contributed by atoms with Crippen LogP contribution in [0, 0.1) is 25.7 Å². The van der Waals surface area contributed by atoms with Crippen molar-refractivity contribution in [3.8, 4) is 0 Å². The molecule has 1 aromatic rings. The van der Waals surface area contributed by atoms with E-state index in [0.717, 1.165) is 16.7 Å². The zero-order chi connectivity index (χ0) is 13.9. The lowest BCUT2D eigenvalue weighted by atomic mass is 9.82. The predicted octanol–water partition coefficient (Wildman–Crippen LogP) is 2.92. The van der Waals surface area contributed by atoms with Crippen molar-refractivity contribution in [2.75, 3.05) is 7.05 Å². The maximum Gasteiger partial charge on any atom is 0.308 e. The van der Waals surface area contributed by atoms with Crippen LogP contribution in [0.15, 0.2) is 18.2 Å². The average molecular weight is 249 g/mol. The van der Waals surface area contributed by atoms with Gasteiger partial charge in [-0.05, 0) is 37.9 Å². The van der Waals surface area contributed by atoms with Gasteiger partial charge in [0.25, 0.3) is 0 Å². The molecule has 0 spiro atoms. The van der Waals surface area contributed by atoms with Gasteiger partial charge in [0, 0.05) is 6.04 Å². The average Bonchev–Trinajstić information content (AvgIpc) is 2.28. The van der Waals surface area contributed by atoms with Crippen molar-refractivity contribution in [1.29, 1.82) is 0 Å². The summed E-state index contributed by atoms with van der Waals surface area (Å²) in [4.78, 5) is 11.5. The van der Waals surface area contributed by atoms with E-state index in [9.17, 15) is 9.90 Å². The van der Waals surface area contributed by atoms with Crippen LogP contribution < -0.4 is 5.32 Å². The number of rotatable bonds is 5. The number of hydrogen-bond donors (Lipinski definition) is 2. The van der Waals surface area contributed by atoms with E-state index >= 15 is 0 Å². The molecule has 3 nitrogen and oxygen atoms in total. The SMILES string of the molecule is CNC(c1cc(C)ccc1C)C(C(=O)O)C(C)C. The highest BCUT2D eigenvalue weighted by Gasteiger charge is 2.31. The number of carbonyl (C=O) groups is 1. The Balaban J connectivity index is 3.23. The second kappa shape index (κ2) is 6.01. The smallest absolute Gasteiger partial charge is 0.308 e. The van der Waals surface area contributed by atoms with Crippen molar-refractivity contribution in [3.05, 3.63) is 34.9 Å². The van der Waals surface area contributed by atoms with E-state index in [2.05, 4.69) is 17.4 Å². The van der Waals surface area contributed by atoms with Gasteiger partial charge in [-0.25, -0.2) is 0 Å². The van der Waals surface area contributed by atoms with E-state index in [1.165, 1.54) is 0 Å². The molecule has 3 heteroatoms. The molecular weight excluding hydrogens is 226 g/mol. The van der Waals surface area contributed by atoms with Crippen molar-refractivity contribution >= 4 is 5.97 Å². The van der Waals surface area contributed by atoms with Gasteiger partial charge in [0.05, 0.1) is 5.92 Å². The number of hydrogen-bond acceptors (Lipinski definition) is 2. The minimum atomic E-state index is -0.745. The van der Waals surface area contributed by atoms with Crippen LogP contribution in [0.2, 0.25) is 0 Å². The summed E-state index contributed by atoms with van der Waals surface area (Å²) in [5.74, 6) is -1.08. The summed E-state index contributed by atoms with van der Waals surface area (Å²) in [6, 6.07) is 6.03. The molecule has 0 bridgehead atoms. The van der Waals surface area contributed by atoms with Gasteiger partial charge in [-0.1, -0.05) is 37.6 Å². The highest BCUT2D eigenvalue weighted by molar-refractivity contribution is 5.71. The molecule has 0 amide bonds. The lowest BCUT2D eigenvalue weighted by Crippen LogP contribution is -2.34. The predicted molar refractivity (Wildman–Crippen MR) is 73.7 cm³/mol. The van der Waals surface area contributed by atoms with Crippen LogP contribution in [0.25, 0.3) is 0 Å². The monoisotopic (exact) mass is 249 g/mol. The largest absolute Gasteiger partial charge is 0.481 e. The van der Waals surface area contributed by atoms with Crippen molar-refractivity contribution in [2.45, 2.75) is 33.7 Å². The van der Waals surface area contributed by atoms with Crippen molar-refractivity contribution in [3.63, 3.8) is 0 Å². The van der Waals surface area contributed by atoms with Crippen molar-refractivity contribution < 1.29 is 9.90 Å². The van der Waals surface area contributed by atoms with E-state index < -0.39 is 11.9 Å². The van der Waals surface area contributed by atoms with Gasteiger partial charge in [0.15, 0.2) is 0 Å². The van der Waals surface area contributed by atoms with Crippen molar-refractivity contribution in [2.24, 2.45) is 11.8 Å². The van der Waals surface area contributed by atoms with Gasteiger partial charge >= 0.3 is 5.97 Å². The maximum atomic E-state index is 11.5. The number of benzene rings is 1. The number of carboxylic acid groups (broad SMARTS) is 1. The number of carboxylic acids is 1. The zero-order valence-corrected chi connectivity index (χ0v) is 11.8. The van der Waals surface area contributed by atoms with Crippen LogP contribution >= 0.6 is 0 Å². The Bertz CT molecular complexity index is 427. The van der Waals surface area contributed by atoms with Crippen LogP contribution in [0.3, 0.4) is 0 Å². The fraction of sp³-hybridized carbons (Fsp3) is 0.533. The quantitative estimate of drug-likeness (QED) is 0.843. The summed E-state index contributed by atoms with van der Waals surface area (Å²) in [5, 5.41) is 12.6. The Morgan fingerprint density at radius 2 is 1.89 bits per heavy atom. The molecular formula is C15H23NO2. The van der Waals surface area contributed by atoms with Gasteiger partial charge in [-0.3, -0.25) is 4.79 Å².